The highest BCUT2D eigenvalue weighted by molar-refractivity contribution is 7.09. The number of hydrogen-bond acceptors (Lipinski definition) is 5. The molecule has 0 aliphatic carbocycles. The van der Waals surface area contributed by atoms with Crippen molar-refractivity contribution in [2.24, 2.45) is 0 Å². The summed E-state index contributed by atoms with van der Waals surface area (Å²) in [5.74, 6) is 0. The average Bonchev–Trinajstić information content (AvgIpc) is 3.44. The summed E-state index contributed by atoms with van der Waals surface area (Å²) >= 11 is 1.45. The van der Waals surface area contributed by atoms with Gasteiger partial charge in [-0.1, -0.05) is 74.5 Å². The van der Waals surface area contributed by atoms with Gasteiger partial charge in [-0.15, -0.1) is 11.3 Å². The molecule has 1 heterocycles. The molecule has 198 valence electrons. The third kappa shape index (κ3) is 10.6. The Morgan fingerprint density at radius 2 is 1.35 bits per heavy atom. The third-order valence-electron chi connectivity index (χ3n) is 6.32. The van der Waals surface area contributed by atoms with Crippen LogP contribution in [0.1, 0.15) is 55.5 Å². The van der Waals surface area contributed by atoms with Crippen molar-refractivity contribution in [1.29, 1.82) is 0 Å². The van der Waals surface area contributed by atoms with Crippen molar-refractivity contribution in [1.82, 2.24) is 20.9 Å². The topological polar surface area (TPSA) is 92.4 Å². The van der Waals surface area contributed by atoms with E-state index in [9.17, 15) is 9.59 Å². The van der Waals surface area contributed by atoms with E-state index in [4.69, 9.17) is 4.74 Å². The van der Waals surface area contributed by atoms with Crippen LogP contribution in [0.15, 0.2) is 72.4 Å². The van der Waals surface area contributed by atoms with Crippen LogP contribution in [0, 0.1) is 0 Å². The maximum Gasteiger partial charge on any atom is 0.407 e. The summed E-state index contributed by atoms with van der Waals surface area (Å²) in [6, 6.07) is 20.0. The van der Waals surface area contributed by atoms with E-state index in [0.29, 0.717) is 25.7 Å². The van der Waals surface area contributed by atoms with Gasteiger partial charge in [0.05, 0.1) is 10.4 Å². The third-order valence-corrected chi connectivity index (χ3v) is 7.07. The molecule has 2 atom stereocenters. The number of benzene rings is 2. The van der Waals surface area contributed by atoms with Crippen LogP contribution in [0.4, 0.5) is 9.59 Å². The normalized spacial score (nSPS) is 12.5. The van der Waals surface area contributed by atoms with Crippen LogP contribution in [0.3, 0.4) is 0 Å². The molecule has 0 aliphatic heterocycles. The van der Waals surface area contributed by atoms with E-state index in [1.165, 1.54) is 11.3 Å². The minimum atomic E-state index is -0.451. The summed E-state index contributed by atoms with van der Waals surface area (Å²) in [6.45, 7) is 4.34. The van der Waals surface area contributed by atoms with E-state index >= 15 is 0 Å². The minimum absolute atomic E-state index is 0.0787. The lowest BCUT2D eigenvalue weighted by Gasteiger charge is -2.25. The van der Waals surface area contributed by atoms with E-state index in [1.807, 2.05) is 36.4 Å². The Balaban J connectivity index is 1.65. The molecule has 0 radical (unpaired) electrons. The van der Waals surface area contributed by atoms with Gasteiger partial charge in [0.25, 0.3) is 0 Å². The Hall–Kier alpha value is -3.39. The quantitative estimate of drug-likeness (QED) is 0.247. The van der Waals surface area contributed by atoms with Gasteiger partial charge in [0.15, 0.2) is 0 Å². The average molecular weight is 523 g/mol. The Morgan fingerprint density at radius 1 is 0.811 bits per heavy atom. The first kappa shape index (κ1) is 28.2. The lowest BCUT2D eigenvalue weighted by molar-refractivity contribution is 0.135. The van der Waals surface area contributed by atoms with E-state index in [2.05, 4.69) is 59.0 Å². The molecule has 1 aromatic heterocycles. The maximum atomic E-state index is 12.8. The molecule has 7 nitrogen and oxygen atoms in total. The molecule has 0 bridgehead atoms. The lowest BCUT2D eigenvalue weighted by atomic mass is 9.96. The molecule has 3 amide bonds. The molecule has 2 aromatic carbocycles. The number of hydrogen-bond donors (Lipinski definition) is 3. The van der Waals surface area contributed by atoms with Gasteiger partial charge in [-0.2, -0.15) is 0 Å². The summed E-state index contributed by atoms with van der Waals surface area (Å²) in [5, 5.41) is 9.31. The molecule has 0 saturated heterocycles. The van der Waals surface area contributed by atoms with Crippen molar-refractivity contribution in [2.45, 2.75) is 77.1 Å². The van der Waals surface area contributed by atoms with Crippen molar-refractivity contribution < 1.29 is 14.3 Å². The van der Waals surface area contributed by atoms with Crippen LogP contribution in [-0.2, 0) is 24.2 Å². The number of carbonyl (C=O) groups is 2. The van der Waals surface area contributed by atoms with Gasteiger partial charge in [-0.05, 0) is 49.7 Å². The van der Waals surface area contributed by atoms with Gasteiger partial charge in [0.1, 0.15) is 6.61 Å². The van der Waals surface area contributed by atoms with Crippen molar-refractivity contribution >= 4 is 23.5 Å². The predicted octanol–water partition coefficient (Wildman–Crippen LogP) is 5.86. The highest BCUT2D eigenvalue weighted by atomic mass is 32.1. The zero-order valence-electron chi connectivity index (χ0n) is 21.7. The molecule has 3 aromatic rings. The predicted molar refractivity (Wildman–Crippen MR) is 149 cm³/mol. The zero-order valence-corrected chi connectivity index (χ0v) is 22.5. The number of nitrogens with zero attached hydrogens (tertiary/aromatic N) is 1. The smallest absolute Gasteiger partial charge is 0.407 e. The number of aromatic nitrogens is 1. The second-order valence-electron chi connectivity index (χ2n) is 9.17. The Labute approximate surface area is 224 Å². The SMILES string of the molecule is CCC(CC)NC(=O)NC(CCC(Cc1ccccc1)NC(=O)OCc1cncs1)Cc1ccccc1. The number of nitrogens with one attached hydrogen (secondary N) is 3. The molecule has 0 saturated carbocycles. The summed E-state index contributed by atoms with van der Waals surface area (Å²) in [4.78, 5) is 30.3. The van der Waals surface area contributed by atoms with Crippen LogP contribution in [-0.4, -0.2) is 35.2 Å². The Bertz CT molecular complexity index is 1040. The monoisotopic (exact) mass is 522 g/mol. The Kier molecular flexibility index (Phi) is 11.9. The summed E-state index contributed by atoms with van der Waals surface area (Å²) < 4.78 is 5.43. The summed E-state index contributed by atoms with van der Waals surface area (Å²) in [7, 11) is 0. The molecule has 3 rings (SSSR count). The van der Waals surface area contributed by atoms with E-state index < -0.39 is 6.09 Å². The van der Waals surface area contributed by atoms with Crippen LogP contribution in [0.2, 0.25) is 0 Å². The molecule has 0 spiro atoms. The highest BCUT2D eigenvalue weighted by Gasteiger charge is 2.20. The van der Waals surface area contributed by atoms with Crippen molar-refractivity contribution in [2.75, 3.05) is 0 Å². The van der Waals surface area contributed by atoms with Crippen molar-refractivity contribution in [3.05, 3.63) is 88.4 Å². The fourth-order valence-electron chi connectivity index (χ4n) is 4.21. The fourth-order valence-corrected chi connectivity index (χ4v) is 4.72. The van der Waals surface area contributed by atoms with Crippen molar-refractivity contribution in [3.8, 4) is 0 Å². The van der Waals surface area contributed by atoms with E-state index in [0.717, 1.165) is 28.8 Å². The van der Waals surface area contributed by atoms with E-state index in [-0.39, 0.29) is 30.8 Å². The van der Waals surface area contributed by atoms with Crippen molar-refractivity contribution in [3.63, 3.8) is 0 Å². The molecular formula is C29H38N4O3S. The first-order chi connectivity index (χ1) is 18.1. The second kappa shape index (κ2) is 15.7. The maximum absolute atomic E-state index is 12.8. The molecule has 0 aliphatic rings. The summed E-state index contributed by atoms with van der Waals surface area (Å²) in [6.07, 6.45) is 5.81. The first-order valence-corrected chi connectivity index (χ1v) is 13.9. The van der Waals surface area contributed by atoms with Gasteiger partial charge < -0.3 is 20.7 Å². The van der Waals surface area contributed by atoms with Gasteiger partial charge in [-0.25, -0.2) is 9.59 Å². The van der Waals surface area contributed by atoms with Gasteiger partial charge >= 0.3 is 12.1 Å². The van der Waals surface area contributed by atoms with Gasteiger partial charge in [0, 0.05) is 24.3 Å². The second-order valence-corrected chi connectivity index (χ2v) is 10.1. The standard InChI is InChI=1S/C29H38N4O3S/c1-3-24(4-2)31-28(34)32-25(17-22-11-7-5-8-12-22)15-16-26(18-23-13-9-6-10-14-23)33-29(35)36-20-27-19-30-21-37-27/h5-14,19,21,24-26H,3-4,15-18,20H2,1-2H3,(H,33,35)(H2,31,32,34). The van der Waals surface area contributed by atoms with Crippen LogP contribution in [0.5, 0.6) is 0 Å². The minimum Gasteiger partial charge on any atom is -0.444 e. The molecule has 2 unspecified atom stereocenters. The number of rotatable bonds is 14. The van der Waals surface area contributed by atoms with Gasteiger partial charge in [-0.3, -0.25) is 4.98 Å². The number of urea groups is 1. The molecule has 37 heavy (non-hydrogen) atoms. The highest BCUT2D eigenvalue weighted by Crippen LogP contribution is 2.14. The van der Waals surface area contributed by atoms with Crippen LogP contribution < -0.4 is 16.0 Å². The number of amides is 3. The summed E-state index contributed by atoms with van der Waals surface area (Å²) in [5.41, 5.74) is 4.01. The molecule has 3 N–H and O–H groups in total. The molecule has 0 fully saturated rings. The molecule has 8 heteroatoms. The number of ether oxygens (including phenoxy) is 1. The lowest BCUT2D eigenvalue weighted by Crippen LogP contribution is -2.47. The Morgan fingerprint density at radius 3 is 1.86 bits per heavy atom. The molecular weight excluding hydrogens is 484 g/mol. The van der Waals surface area contributed by atoms with E-state index in [1.54, 1.807) is 11.7 Å². The number of thiazole rings is 1. The largest absolute Gasteiger partial charge is 0.444 e. The van der Waals surface area contributed by atoms with Gasteiger partial charge in [0.2, 0.25) is 0 Å². The zero-order chi connectivity index (χ0) is 26.3. The number of alkyl carbamates (subject to hydrolysis) is 1. The van der Waals surface area contributed by atoms with Crippen LogP contribution in [0.25, 0.3) is 0 Å². The first-order valence-electron chi connectivity index (χ1n) is 13.0. The fraction of sp³-hybridized carbons (Fsp3) is 0.414. The van der Waals surface area contributed by atoms with Crippen LogP contribution >= 0.6 is 11.3 Å². The number of carbonyl (C=O) groups excluding carboxylic acids is 2.